The molecule has 1 N–H and O–H groups in total. The van der Waals surface area contributed by atoms with Crippen molar-refractivity contribution in [2.75, 3.05) is 37.4 Å². The Kier molecular flexibility index (Phi) is 6.29. The Labute approximate surface area is 206 Å². The Hall–Kier alpha value is -3.66. The molecule has 0 unspecified atom stereocenters. The van der Waals surface area contributed by atoms with Gasteiger partial charge in [0.2, 0.25) is 5.91 Å². The number of amides is 1. The number of carbonyl (C=O) groups is 1. The Morgan fingerprint density at radius 2 is 1.83 bits per heavy atom. The zero-order valence-corrected chi connectivity index (χ0v) is 20.0. The van der Waals surface area contributed by atoms with E-state index in [9.17, 15) is 18.0 Å². The SMILES string of the molecule is CN(C)c1cc2c(cc1C(F)(F)F)NC(=O)CC(c1cccc(-c3cc(CN4CCCC4)no3)c1)=N2. The van der Waals surface area contributed by atoms with Gasteiger partial charge in [0, 0.05) is 32.3 Å². The van der Waals surface area contributed by atoms with Crippen LogP contribution in [-0.2, 0) is 17.5 Å². The van der Waals surface area contributed by atoms with Crippen LogP contribution in [-0.4, -0.2) is 48.9 Å². The van der Waals surface area contributed by atoms with Crippen LogP contribution in [0.15, 0.2) is 52.0 Å². The van der Waals surface area contributed by atoms with Crippen LogP contribution in [0, 0.1) is 0 Å². The van der Waals surface area contributed by atoms with Gasteiger partial charge in [-0.15, -0.1) is 0 Å². The third kappa shape index (κ3) is 4.99. The zero-order valence-electron chi connectivity index (χ0n) is 20.0. The highest BCUT2D eigenvalue weighted by atomic mass is 19.4. The smallest absolute Gasteiger partial charge is 0.377 e. The maximum absolute atomic E-state index is 13.6. The van der Waals surface area contributed by atoms with Crippen molar-refractivity contribution < 1.29 is 22.5 Å². The molecule has 1 saturated heterocycles. The van der Waals surface area contributed by atoms with Gasteiger partial charge in [-0.3, -0.25) is 14.7 Å². The number of benzene rings is 2. The number of nitrogens with one attached hydrogen (secondary N) is 1. The van der Waals surface area contributed by atoms with Crippen LogP contribution in [0.1, 0.15) is 36.1 Å². The summed E-state index contributed by atoms with van der Waals surface area (Å²) in [6.07, 6.45) is -2.26. The highest BCUT2D eigenvalue weighted by Crippen LogP contribution is 2.43. The first kappa shape index (κ1) is 24.1. The number of aromatic nitrogens is 1. The summed E-state index contributed by atoms with van der Waals surface area (Å²) < 4.78 is 46.5. The molecule has 2 aromatic carbocycles. The summed E-state index contributed by atoms with van der Waals surface area (Å²) in [5.74, 6) is 0.172. The van der Waals surface area contributed by atoms with E-state index >= 15 is 0 Å². The number of hydrogen-bond acceptors (Lipinski definition) is 6. The first-order chi connectivity index (χ1) is 17.2. The molecule has 36 heavy (non-hydrogen) atoms. The minimum Gasteiger partial charge on any atom is -0.377 e. The number of rotatable bonds is 5. The molecular weight excluding hydrogens is 471 g/mol. The van der Waals surface area contributed by atoms with Crippen LogP contribution in [0.5, 0.6) is 0 Å². The van der Waals surface area contributed by atoms with E-state index in [4.69, 9.17) is 4.52 Å². The van der Waals surface area contributed by atoms with Crippen molar-refractivity contribution in [1.29, 1.82) is 0 Å². The van der Waals surface area contributed by atoms with Gasteiger partial charge in [0.1, 0.15) is 0 Å². The van der Waals surface area contributed by atoms with Gasteiger partial charge in [-0.2, -0.15) is 13.2 Å². The second-order valence-corrected chi connectivity index (χ2v) is 9.31. The zero-order chi connectivity index (χ0) is 25.4. The van der Waals surface area contributed by atoms with Gasteiger partial charge in [-0.25, -0.2) is 0 Å². The Balaban J connectivity index is 1.49. The van der Waals surface area contributed by atoms with E-state index < -0.39 is 17.6 Å². The predicted octanol–water partition coefficient (Wildman–Crippen LogP) is 5.49. The van der Waals surface area contributed by atoms with E-state index in [2.05, 4.69) is 20.4 Å². The lowest BCUT2D eigenvalue weighted by Crippen LogP contribution is -2.18. The minimum absolute atomic E-state index is 0.0264. The summed E-state index contributed by atoms with van der Waals surface area (Å²) in [7, 11) is 3.07. The number of halogens is 3. The van der Waals surface area contributed by atoms with Crippen LogP contribution in [0.3, 0.4) is 0 Å². The largest absolute Gasteiger partial charge is 0.418 e. The van der Waals surface area contributed by atoms with Gasteiger partial charge in [0.15, 0.2) is 5.76 Å². The summed E-state index contributed by atoms with van der Waals surface area (Å²) in [5, 5.41) is 6.78. The van der Waals surface area contributed by atoms with Gasteiger partial charge >= 0.3 is 6.18 Å². The van der Waals surface area contributed by atoms with Crippen molar-refractivity contribution in [1.82, 2.24) is 10.1 Å². The van der Waals surface area contributed by atoms with Crippen molar-refractivity contribution in [2.45, 2.75) is 32.0 Å². The lowest BCUT2D eigenvalue weighted by atomic mass is 10.0. The maximum Gasteiger partial charge on any atom is 0.418 e. The summed E-state index contributed by atoms with van der Waals surface area (Å²) >= 11 is 0. The Morgan fingerprint density at radius 3 is 2.56 bits per heavy atom. The molecule has 7 nitrogen and oxygen atoms in total. The average molecular weight is 498 g/mol. The molecule has 1 aromatic heterocycles. The molecule has 2 aliphatic heterocycles. The van der Waals surface area contributed by atoms with Crippen molar-refractivity contribution in [3.05, 3.63) is 59.3 Å². The summed E-state index contributed by atoms with van der Waals surface area (Å²) in [4.78, 5) is 21.0. The molecule has 0 bridgehead atoms. The maximum atomic E-state index is 13.6. The fourth-order valence-electron chi connectivity index (χ4n) is 4.61. The molecule has 0 atom stereocenters. The molecule has 1 amide bonds. The van der Waals surface area contributed by atoms with Crippen LogP contribution < -0.4 is 10.2 Å². The predicted molar refractivity (Wildman–Crippen MR) is 132 cm³/mol. The topological polar surface area (TPSA) is 74.0 Å². The number of fused-ring (bicyclic) bond motifs is 1. The standard InChI is InChI=1S/C26H26F3N5O2/c1-33(2)23-13-22-21(12-19(23)26(27,28)29)31-25(35)14-20(30-22)16-6-5-7-17(10-16)24-11-18(32-36-24)15-34-8-3-4-9-34/h5-7,10-13H,3-4,8-9,14-15H2,1-2H3,(H,31,35). The van der Waals surface area contributed by atoms with Crippen molar-refractivity contribution in [2.24, 2.45) is 4.99 Å². The molecule has 2 aliphatic rings. The van der Waals surface area contributed by atoms with E-state index in [1.54, 1.807) is 0 Å². The monoisotopic (exact) mass is 497 g/mol. The molecule has 3 aromatic rings. The molecule has 0 saturated carbocycles. The van der Waals surface area contributed by atoms with Crippen LogP contribution in [0.2, 0.25) is 0 Å². The lowest BCUT2D eigenvalue weighted by Gasteiger charge is -2.21. The molecule has 0 radical (unpaired) electrons. The fourth-order valence-corrected chi connectivity index (χ4v) is 4.61. The number of alkyl halides is 3. The summed E-state index contributed by atoms with van der Waals surface area (Å²) in [6.45, 7) is 2.85. The van der Waals surface area contributed by atoms with Crippen LogP contribution in [0.4, 0.5) is 30.2 Å². The van der Waals surface area contributed by atoms with E-state index in [0.717, 1.165) is 37.0 Å². The van der Waals surface area contributed by atoms with Gasteiger partial charge in [-0.05, 0) is 49.7 Å². The third-order valence-electron chi connectivity index (χ3n) is 6.38. The lowest BCUT2D eigenvalue weighted by molar-refractivity contribution is -0.137. The fraction of sp³-hybridized carbons (Fsp3) is 0.346. The van der Waals surface area contributed by atoms with Crippen molar-refractivity contribution >= 4 is 28.7 Å². The number of carbonyl (C=O) groups excluding carboxylic acids is 1. The number of likely N-dealkylation sites (tertiary alicyclic amines) is 1. The van der Waals surface area contributed by atoms with Gasteiger partial charge in [-0.1, -0.05) is 23.4 Å². The molecular formula is C26H26F3N5O2. The molecule has 0 spiro atoms. The molecule has 188 valence electrons. The van der Waals surface area contributed by atoms with Gasteiger partial charge < -0.3 is 14.7 Å². The number of nitrogens with zero attached hydrogens (tertiary/aromatic N) is 4. The second kappa shape index (κ2) is 9.42. The van der Waals surface area contributed by atoms with E-state index in [-0.39, 0.29) is 23.5 Å². The Bertz CT molecular complexity index is 1320. The molecule has 5 rings (SSSR count). The quantitative estimate of drug-likeness (QED) is 0.505. The molecule has 1 fully saturated rings. The van der Waals surface area contributed by atoms with E-state index in [1.165, 1.54) is 37.9 Å². The Morgan fingerprint density at radius 1 is 1.08 bits per heavy atom. The highest BCUT2D eigenvalue weighted by Gasteiger charge is 2.36. The molecule has 10 heteroatoms. The molecule has 3 heterocycles. The van der Waals surface area contributed by atoms with E-state index in [1.807, 2.05) is 30.3 Å². The molecule has 0 aliphatic carbocycles. The number of hydrogen-bond donors (Lipinski definition) is 1. The van der Waals surface area contributed by atoms with Crippen LogP contribution >= 0.6 is 0 Å². The first-order valence-corrected chi connectivity index (χ1v) is 11.8. The third-order valence-corrected chi connectivity index (χ3v) is 6.38. The summed E-state index contributed by atoms with van der Waals surface area (Å²) in [5.41, 5.74) is 2.21. The van der Waals surface area contributed by atoms with E-state index in [0.29, 0.717) is 17.0 Å². The number of aliphatic imine (C=N–C) groups is 1. The van der Waals surface area contributed by atoms with Crippen molar-refractivity contribution in [3.63, 3.8) is 0 Å². The number of anilines is 2. The van der Waals surface area contributed by atoms with Crippen LogP contribution in [0.25, 0.3) is 11.3 Å². The highest BCUT2D eigenvalue weighted by molar-refractivity contribution is 6.17. The minimum atomic E-state index is -4.57. The average Bonchev–Trinajstić information content (AvgIpc) is 3.48. The van der Waals surface area contributed by atoms with Crippen molar-refractivity contribution in [3.8, 4) is 11.3 Å². The summed E-state index contributed by atoms with van der Waals surface area (Å²) in [6, 6.07) is 11.6. The normalized spacial score (nSPS) is 16.4. The van der Waals surface area contributed by atoms with Gasteiger partial charge in [0.05, 0.1) is 40.5 Å². The van der Waals surface area contributed by atoms with Gasteiger partial charge in [0.25, 0.3) is 0 Å². The second-order valence-electron chi connectivity index (χ2n) is 9.31. The first-order valence-electron chi connectivity index (χ1n) is 11.8.